The van der Waals surface area contributed by atoms with Crippen LogP contribution in [-0.4, -0.2) is 20.1 Å². The van der Waals surface area contributed by atoms with Crippen molar-refractivity contribution in [1.82, 2.24) is 5.32 Å². The highest BCUT2D eigenvalue weighted by atomic mass is 19.1. The van der Waals surface area contributed by atoms with E-state index < -0.39 is 11.6 Å². The molecule has 2 rings (SSSR count). The molecule has 1 aliphatic rings. The minimum absolute atomic E-state index is 0.202. The standard InChI is InChI=1S/C13H18F2N2/c1-16-8-13(5-2-6-13)9-17-12-7-10(14)3-4-11(12)15/h3-4,7,16-17H,2,5-6,8-9H2,1H3. The highest BCUT2D eigenvalue weighted by molar-refractivity contribution is 5.45. The molecule has 0 unspecified atom stereocenters. The SMILES string of the molecule is CNCC1(CNc2cc(F)ccc2F)CCC1. The summed E-state index contributed by atoms with van der Waals surface area (Å²) in [7, 11) is 1.92. The minimum atomic E-state index is -0.412. The molecule has 1 aliphatic carbocycles. The Morgan fingerprint density at radius 3 is 2.59 bits per heavy atom. The molecule has 0 atom stereocenters. The Labute approximate surface area is 100 Å². The fourth-order valence-electron chi connectivity index (χ4n) is 2.38. The van der Waals surface area contributed by atoms with Gasteiger partial charge in [-0.15, -0.1) is 0 Å². The number of rotatable bonds is 5. The average Bonchev–Trinajstić information content (AvgIpc) is 2.26. The quantitative estimate of drug-likeness (QED) is 0.827. The summed E-state index contributed by atoms with van der Waals surface area (Å²) < 4.78 is 26.4. The lowest BCUT2D eigenvalue weighted by Crippen LogP contribution is -2.44. The molecular formula is C13H18F2N2. The summed E-state index contributed by atoms with van der Waals surface area (Å²) in [6.45, 7) is 1.60. The molecule has 0 aliphatic heterocycles. The van der Waals surface area contributed by atoms with Crippen molar-refractivity contribution in [2.75, 3.05) is 25.5 Å². The van der Waals surface area contributed by atoms with Crippen LogP contribution >= 0.6 is 0 Å². The van der Waals surface area contributed by atoms with Crippen LogP contribution in [0.5, 0.6) is 0 Å². The predicted octanol–water partition coefficient (Wildman–Crippen LogP) is 2.77. The van der Waals surface area contributed by atoms with Crippen molar-refractivity contribution in [1.29, 1.82) is 0 Å². The van der Waals surface area contributed by atoms with E-state index in [0.29, 0.717) is 6.54 Å². The second kappa shape index (κ2) is 5.00. The van der Waals surface area contributed by atoms with Gasteiger partial charge in [0.05, 0.1) is 5.69 Å². The molecule has 17 heavy (non-hydrogen) atoms. The van der Waals surface area contributed by atoms with Crippen LogP contribution in [0.15, 0.2) is 18.2 Å². The van der Waals surface area contributed by atoms with E-state index in [2.05, 4.69) is 10.6 Å². The van der Waals surface area contributed by atoms with E-state index in [0.717, 1.165) is 31.5 Å². The van der Waals surface area contributed by atoms with Crippen molar-refractivity contribution < 1.29 is 8.78 Å². The summed E-state index contributed by atoms with van der Waals surface area (Å²) in [5.74, 6) is -0.810. The molecule has 0 amide bonds. The first-order valence-electron chi connectivity index (χ1n) is 5.99. The zero-order chi connectivity index (χ0) is 12.3. The molecule has 2 N–H and O–H groups in total. The maximum Gasteiger partial charge on any atom is 0.146 e. The summed E-state index contributed by atoms with van der Waals surface area (Å²) in [6, 6.07) is 3.50. The van der Waals surface area contributed by atoms with E-state index in [1.807, 2.05) is 7.05 Å². The van der Waals surface area contributed by atoms with Crippen LogP contribution in [0, 0.1) is 17.0 Å². The van der Waals surface area contributed by atoms with Crippen LogP contribution in [0.2, 0.25) is 0 Å². The van der Waals surface area contributed by atoms with Crippen molar-refractivity contribution in [3.8, 4) is 0 Å². The number of nitrogens with one attached hydrogen (secondary N) is 2. The number of halogens is 2. The van der Waals surface area contributed by atoms with Gasteiger partial charge in [0, 0.05) is 18.5 Å². The van der Waals surface area contributed by atoms with Gasteiger partial charge in [0.2, 0.25) is 0 Å². The van der Waals surface area contributed by atoms with Gasteiger partial charge in [0.15, 0.2) is 0 Å². The fourth-order valence-corrected chi connectivity index (χ4v) is 2.38. The molecule has 1 saturated carbocycles. The van der Waals surface area contributed by atoms with Gasteiger partial charge in [-0.05, 0) is 38.1 Å². The third-order valence-electron chi connectivity index (χ3n) is 3.55. The Morgan fingerprint density at radius 1 is 1.24 bits per heavy atom. The zero-order valence-corrected chi connectivity index (χ0v) is 10.0. The smallest absolute Gasteiger partial charge is 0.146 e. The van der Waals surface area contributed by atoms with E-state index in [1.165, 1.54) is 12.5 Å². The molecule has 1 aromatic carbocycles. The molecule has 1 fully saturated rings. The van der Waals surface area contributed by atoms with Crippen LogP contribution in [0.1, 0.15) is 19.3 Å². The van der Waals surface area contributed by atoms with Crippen molar-refractivity contribution in [3.05, 3.63) is 29.8 Å². The lowest BCUT2D eigenvalue weighted by atomic mass is 9.68. The lowest BCUT2D eigenvalue weighted by Gasteiger charge is -2.42. The Morgan fingerprint density at radius 2 is 2.00 bits per heavy atom. The first kappa shape index (κ1) is 12.3. The van der Waals surface area contributed by atoms with Gasteiger partial charge in [-0.2, -0.15) is 0 Å². The highest BCUT2D eigenvalue weighted by Gasteiger charge is 2.36. The first-order chi connectivity index (χ1) is 8.15. The van der Waals surface area contributed by atoms with Crippen LogP contribution < -0.4 is 10.6 Å². The van der Waals surface area contributed by atoms with E-state index in [9.17, 15) is 8.78 Å². The van der Waals surface area contributed by atoms with Crippen LogP contribution in [0.25, 0.3) is 0 Å². The average molecular weight is 240 g/mol. The summed E-state index contributed by atoms with van der Waals surface area (Å²) in [6.07, 6.45) is 3.49. The van der Waals surface area contributed by atoms with E-state index in [-0.39, 0.29) is 11.1 Å². The first-order valence-corrected chi connectivity index (χ1v) is 5.99. The van der Waals surface area contributed by atoms with Gasteiger partial charge < -0.3 is 10.6 Å². The van der Waals surface area contributed by atoms with Gasteiger partial charge >= 0.3 is 0 Å². The van der Waals surface area contributed by atoms with E-state index in [4.69, 9.17) is 0 Å². The topological polar surface area (TPSA) is 24.1 Å². The monoisotopic (exact) mass is 240 g/mol. The lowest BCUT2D eigenvalue weighted by molar-refractivity contribution is 0.151. The van der Waals surface area contributed by atoms with Gasteiger partial charge in [-0.3, -0.25) is 0 Å². The fraction of sp³-hybridized carbons (Fsp3) is 0.538. The molecule has 0 saturated heterocycles. The number of hydrogen-bond acceptors (Lipinski definition) is 2. The van der Waals surface area contributed by atoms with E-state index >= 15 is 0 Å². The van der Waals surface area contributed by atoms with Crippen LogP contribution in [0.3, 0.4) is 0 Å². The molecule has 0 heterocycles. The molecule has 0 spiro atoms. The largest absolute Gasteiger partial charge is 0.382 e. The third kappa shape index (κ3) is 2.75. The van der Waals surface area contributed by atoms with Crippen LogP contribution in [0.4, 0.5) is 14.5 Å². The Hall–Kier alpha value is -1.16. The molecule has 0 bridgehead atoms. The Kier molecular flexibility index (Phi) is 3.62. The van der Waals surface area contributed by atoms with Gasteiger partial charge in [0.25, 0.3) is 0 Å². The molecular weight excluding hydrogens is 222 g/mol. The van der Waals surface area contributed by atoms with Crippen molar-refractivity contribution in [2.24, 2.45) is 5.41 Å². The Balaban J connectivity index is 1.99. The molecule has 0 aromatic heterocycles. The highest BCUT2D eigenvalue weighted by Crippen LogP contribution is 2.40. The molecule has 94 valence electrons. The summed E-state index contributed by atoms with van der Waals surface area (Å²) >= 11 is 0. The van der Waals surface area contributed by atoms with Crippen molar-refractivity contribution in [2.45, 2.75) is 19.3 Å². The summed E-state index contributed by atoms with van der Waals surface area (Å²) in [4.78, 5) is 0. The van der Waals surface area contributed by atoms with Crippen molar-refractivity contribution in [3.63, 3.8) is 0 Å². The van der Waals surface area contributed by atoms with E-state index in [1.54, 1.807) is 0 Å². The molecule has 2 nitrogen and oxygen atoms in total. The van der Waals surface area contributed by atoms with Gasteiger partial charge in [-0.1, -0.05) is 6.42 Å². The predicted molar refractivity (Wildman–Crippen MR) is 65.1 cm³/mol. The van der Waals surface area contributed by atoms with Crippen LogP contribution in [-0.2, 0) is 0 Å². The third-order valence-corrected chi connectivity index (χ3v) is 3.55. The van der Waals surface area contributed by atoms with Gasteiger partial charge in [-0.25, -0.2) is 8.78 Å². The minimum Gasteiger partial charge on any atom is -0.382 e. The van der Waals surface area contributed by atoms with Gasteiger partial charge in [0.1, 0.15) is 11.6 Å². The zero-order valence-electron chi connectivity index (χ0n) is 10.0. The number of benzene rings is 1. The summed E-state index contributed by atoms with van der Waals surface area (Å²) in [5, 5.41) is 6.19. The summed E-state index contributed by atoms with van der Waals surface area (Å²) in [5.41, 5.74) is 0.459. The maximum absolute atomic E-state index is 13.4. The molecule has 1 aromatic rings. The normalized spacial score (nSPS) is 17.6. The Bertz CT molecular complexity index is 389. The molecule has 4 heteroatoms. The second-order valence-corrected chi connectivity index (χ2v) is 4.86. The maximum atomic E-state index is 13.4. The number of anilines is 1. The second-order valence-electron chi connectivity index (χ2n) is 4.86. The molecule has 0 radical (unpaired) electrons. The van der Waals surface area contributed by atoms with Crippen molar-refractivity contribution >= 4 is 5.69 Å². The number of hydrogen-bond donors (Lipinski definition) is 2.